The van der Waals surface area contributed by atoms with Gasteiger partial charge in [0.05, 0.1) is 6.42 Å². The van der Waals surface area contributed by atoms with Crippen molar-refractivity contribution < 1.29 is 4.79 Å². The van der Waals surface area contributed by atoms with E-state index in [1.807, 2.05) is 0 Å². The summed E-state index contributed by atoms with van der Waals surface area (Å²) in [5.41, 5.74) is 0.934. The average molecular weight is 298 g/mol. The van der Waals surface area contributed by atoms with E-state index in [-0.39, 0.29) is 18.3 Å². The number of amides is 1. The van der Waals surface area contributed by atoms with Crippen LogP contribution in [0.5, 0.6) is 0 Å². The van der Waals surface area contributed by atoms with Gasteiger partial charge in [-0.1, -0.05) is 6.92 Å². The minimum absolute atomic E-state index is 0. The van der Waals surface area contributed by atoms with Crippen LogP contribution in [-0.2, 0) is 11.2 Å². The van der Waals surface area contributed by atoms with Gasteiger partial charge in [0.25, 0.3) is 0 Å². The van der Waals surface area contributed by atoms with Gasteiger partial charge in [0, 0.05) is 45.0 Å². The molecule has 2 aliphatic heterocycles. The van der Waals surface area contributed by atoms with Crippen molar-refractivity contribution in [1.29, 1.82) is 0 Å². The maximum atomic E-state index is 11.6. The lowest BCUT2D eigenvalue weighted by Crippen LogP contribution is -2.46. The number of piperazine rings is 1. The Hall–Kier alpha value is -1.40. The number of halogens is 1. The lowest BCUT2D eigenvalue weighted by molar-refractivity contribution is -0.117. The summed E-state index contributed by atoms with van der Waals surface area (Å²) in [4.78, 5) is 26.9. The molecule has 2 aliphatic rings. The lowest BCUT2D eigenvalue weighted by atomic mass is 10.3. The molecule has 1 aromatic heterocycles. The van der Waals surface area contributed by atoms with Crippen LogP contribution in [-0.4, -0.2) is 60.5 Å². The number of carbonyl (C=O) groups is 1. The number of hydrogen-bond acceptors (Lipinski definition) is 5. The third-order valence-electron chi connectivity index (χ3n) is 3.96. The second-order valence-electron chi connectivity index (χ2n) is 5.07. The number of anilines is 2. The van der Waals surface area contributed by atoms with E-state index in [9.17, 15) is 4.79 Å². The molecule has 110 valence electrons. The fourth-order valence-electron chi connectivity index (χ4n) is 2.62. The van der Waals surface area contributed by atoms with Crippen LogP contribution in [0.3, 0.4) is 0 Å². The Kier molecular flexibility index (Phi) is 4.45. The van der Waals surface area contributed by atoms with E-state index in [0.717, 1.165) is 50.1 Å². The van der Waals surface area contributed by atoms with Crippen LogP contribution >= 0.6 is 12.4 Å². The van der Waals surface area contributed by atoms with Crippen molar-refractivity contribution in [2.75, 3.05) is 49.6 Å². The van der Waals surface area contributed by atoms with Crippen LogP contribution in [0, 0.1) is 0 Å². The quantitative estimate of drug-likeness (QED) is 0.798. The van der Waals surface area contributed by atoms with Crippen LogP contribution in [0.4, 0.5) is 11.8 Å². The number of rotatable bonds is 2. The van der Waals surface area contributed by atoms with Crippen LogP contribution in [0.25, 0.3) is 0 Å². The highest BCUT2D eigenvalue weighted by Gasteiger charge is 2.27. The molecule has 0 unspecified atom stereocenters. The van der Waals surface area contributed by atoms with Gasteiger partial charge in [0.2, 0.25) is 11.9 Å². The molecule has 1 fully saturated rings. The van der Waals surface area contributed by atoms with Crippen LogP contribution in [0.2, 0.25) is 0 Å². The van der Waals surface area contributed by atoms with Crippen molar-refractivity contribution in [1.82, 2.24) is 14.9 Å². The standard InChI is InChI=1S/C13H19N5O.ClH/c1-3-17-4-6-18(7-5-17)13-14-9-10-8-11(19)16(2)12(10)15-13;/h9H,3-8H2,1-2H3;1H. The highest BCUT2D eigenvalue weighted by Crippen LogP contribution is 2.26. The third-order valence-corrected chi connectivity index (χ3v) is 3.96. The molecule has 0 spiro atoms. The Balaban J connectivity index is 0.00000147. The molecule has 1 saturated heterocycles. The molecule has 1 amide bonds. The molecular weight excluding hydrogens is 278 g/mol. The lowest BCUT2D eigenvalue weighted by Gasteiger charge is -2.34. The summed E-state index contributed by atoms with van der Waals surface area (Å²) in [5, 5.41) is 0. The molecule has 0 bridgehead atoms. The van der Waals surface area contributed by atoms with E-state index in [1.165, 1.54) is 0 Å². The Bertz CT molecular complexity index is 502. The van der Waals surface area contributed by atoms with E-state index < -0.39 is 0 Å². The normalized spacial score (nSPS) is 19.0. The first-order valence-corrected chi connectivity index (χ1v) is 6.79. The van der Waals surface area contributed by atoms with Gasteiger partial charge in [-0.15, -0.1) is 12.4 Å². The topological polar surface area (TPSA) is 52.6 Å². The average Bonchev–Trinajstić information content (AvgIpc) is 2.74. The van der Waals surface area contributed by atoms with Crippen molar-refractivity contribution >= 4 is 30.1 Å². The van der Waals surface area contributed by atoms with Crippen molar-refractivity contribution in [2.45, 2.75) is 13.3 Å². The van der Waals surface area contributed by atoms with Gasteiger partial charge in [0.15, 0.2) is 0 Å². The number of aromatic nitrogens is 2. The minimum atomic E-state index is 0. The molecule has 20 heavy (non-hydrogen) atoms. The van der Waals surface area contributed by atoms with Gasteiger partial charge >= 0.3 is 0 Å². The summed E-state index contributed by atoms with van der Waals surface area (Å²) in [5.74, 6) is 1.61. The van der Waals surface area contributed by atoms with Crippen molar-refractivity contribution in [2.24, 2.45) is 0 Å². The molecule has 0 saturated carbocycles. The molecule has 0 atom stereocenters. The van der Waals surface area contributed by atoms with Crippen molar-refractivity contribution in [3.63, 3.8) is 0 Å². The van der Waals surface area contributed by atoms with Gasteiger partial charge in [-0.2, -0.15) is 4.98 Å². The summed E-state index contributed by atoms with van der Waals surface area (Å²) < 4.78 is 0. The Morgan fingerprint density at radius 1 is 1.25 bits per heavy atom. The van der Waals surface area contributed by atoms with Gasteiger partial charge in [-0.25, -0.2) is 4.98 Å². The first-order valence-electron chi connectivity index (χ1n) is 6.79. The summed E-state index contributed by atoms with van der Waals surface area (Å²) in [7, 11) is 1.78. The summed E-state index contributed by atoms with van der Waals surface area (Å²) in [6.45, 7) is 7.27. The van der Waals surface area contributed by atoms with Gasteiger partial charge in [0.1, 0.15) is 5.82 Å². The number of fused-ring (bicyclic) bond motifs is 1. The fourth-order valence-corrected chi connectivity index (χ4v) is 2.62. The zero-order chi connectivity index (χ0) is 13.4. The number of likely N-dealkylation sites (N-methyl/N-ethyl adjacent to an activating group) is 2. The summed E-state index contributed by atoms with van der Waals surface area (Å²) >= 11 is 0. The molecular formula is C13H20ClN5O. The zero-order valence-corrected chi connectivity index (χ0v) is 12.7. The molecule has 0 aromatic carbocycles. The molecule has 3 rings (SSSR count). The van der Waals surface area contributed by atoms with Crippen LogP contribution < -0.4 is 9.80 Å². The SMILES string of the molecule is CCN1CCN(c2ncc3c(n2)N(C)C(=O)C3)CC1.Cl. The zero-order valence-electron chi connectivity index (χ0n) is 11.9. The van der Waals surface area contributed by atoms with Gasteiger partial charge in [-0.05, 0) is 6.54 Å². The fraction of sp³-hybridized carbons (Fsp3) is 0.615. The molecule has 1 aromatic rings. The Labute approximate surface area is 125 Å². The maximum absolute atomic E-state index is 11.6. The molecule has 3 heterocycles. The highest BCUT2D eigenvalue weighted by molar-refractivity contribution is 5.99. The maximum Gasteiger partial charge on any atom is 0.232 e. The predicted octanol–water partition coefficient (Wildman–Crippen LogP) is 0.559. The summed E-state index contributed by atoms with van der Waals surface area (Å²) in [6, 6.07) is 0. The molecule has 0 N–H and O–H groups in total. The summed E-state index contributed by atoms with van der Waals surface area (Å²) in [6.07, 6.45) is 2.22. The molecule has 7 heteroatoms. The monoisotopic (exact) mass is 297 g/mol. The van der Waals surface area contributed by atoms with Crippen molar-refractivity contribution in [3.8, 4) is 0 Å². The van der Waals surface area contributed by atoms with E-state index in [0.29, 0.717) is 6.42 Å². The Morgan fingerprint density at radius 2 is 1.95 bits per heavy atom. The van der Waals surface area contributed by atoms with E-state index >= 15 is 0 Å². The molecule has 6 nitrogen and oxygen atoms in total. The van der Waals surface area contributed by atoms with Crippen LogP contribution in [0.1, 0.15) is 12.5 Å². The second kappa shape index (κ2) is 5.93. The third kappa shape index (κ3) is 2.58. The van der Waals surface area contributed by atoms with E-state index in [2.05, 4.69) is 26.7 Å². The highest BCUT2D eigenvalue weighted by atomic mass is 35.5. The van der Waals surface area contributed by atoms with E-state index in [4.69, 9.17) is 0 Å². The number of hydrogen-bond donors (Lipinski definition) is 0. The molecule has 0 radical (unpaired) electrons. The predicted molar refractivity (Wildman–Crippen MR) is 80.7 cm³/mol. The first kappa shape index (κ1) is 15.0. The largest absolute Gasteiger partial charge is 0.338 e. The molecule has 0 aliphatic carbocycles. The van der Waals surface area contributed by atoms with Crippen molar-refractivity contribution in [3.05, 3.63) is 11.8 Å². The first-order chi connectivity index (χ1) is 9.19. The smallest absolute Gasteiger partial charge is 0.232 e. The minimum Gasteiger partial charge on any atom is -0.338 e. The Morgan fingerprint density at radius 3 is 2.60 bits per heavy atom. The van der Waals surface area contributed by atoms with Crippen LogP contribution in [0.15, 0.2) is 6.20 Å². The van der Waals surface area contributed by atoms with Gasteiger partial charge in [-0.3, -0.25) is 9.69 Å². The second-order valence-corrected chi connectivity index (χ2v) is 5.07. The van der Waals surface area contributed by atoms with Gasteiger partial charge < -0.3 is 9.80 Å². The number of carbonyl (C=O) groups excluding carboxylic acids is 1. The van der Waals surface area contributed by atoms with E-state index in [1.54, 1.807) is 18.1 Å². The number of nitrogens with zero attached hydrogens (tertiary/aromatic N) is 5.